The number of hydrogen-bond donors (Lipinski definition) is 2. The first kappa shape index (κ1) is 13.6. The van der Waals surface area contributed by atoms with Crippen LogP contribution in [-0.4, -0.2) is 37.0 Å². The fourth-order valence-electron chi connectivity index (χ4n) is 2.13. The molecule has 3 N–H and O–H groups in total. The van der Waals surface area contributed by atoms with Crippen molar-refractivity contribution in [2.45, 2.75) is 13.0 Å². The summed E-state index contributed by atoms with van der Waals surface area (Å²) >= 11 is 0. The molecule has 0 bridgehead atoms. The summed E-state index contributed by atoms with van der Waals surface area (Å²) in [6, 6.07) is 8.17. The molecule has 1 saturated heterocycles. The maximum absolute atomic E-state index is 11.3. The molecule has 0 unspecified atom stereocenters. The molecule has 1 aromatic carbocycles. The highest BCUT2D eigenvalue weighted by molar-refractivity contribution is 5.76. The van der Waals surface area contributed by atoms with Crippen LogP contribution in [0.1, 0.15) is 17.5 Å². The predicted molar refractivity (Wildman–Crippen MR) is 75.3 cm³/mol. The molecule has 0 atom stereocenters. The fraction of sp³-hybridized carbons (Fsp3) is 0.400. The van der Waals surface area contributed by atoms with Gasteiger partial charge in [0.2, 0.25) is 5.91 Å². The summed E-state index contributed by atoms with van der Waals surface area (Å²) in [7, 11) is 0. The van der Waals surface area contributed by atoms with Crippen LogP contribution in [0, 0.1) is 11.8 Å². The van der Waals surface area contributed by atoms with Crippen LogP contribution in [0.15, 0.2) is 24.3 Å². The SMILES string of the molecule is NCC#Cc1cccc(CN2CCNC(=O)CC2)c1. The summed E-state index contributed by atoms with van der Waals surface area (Å²) in [5.41, 5.74) is 7.59. The van der Waals surface area contributed by atoms with Crippen LogP contribution in [0.4, 0.5) is 0 Å². The van der Waals surface area contributed by atoms with E-state index in [1.54, 1.807) is 0 Å². The van der Waals surface area contributed by atoms with Crippen molar-refractivity contribution in [3.05, 3.63) is 35.4 Å². The Balaban J connectivity index is 2.00. The highest BCUT2D eigenvalue weighted by Gasteiger charge is 2.13. The van der Waals surface area contributed by atoms with E-state index in [4.69, 9.17) is 5.73 Å². The Morgan fingerprint density at radius 2 is 2.26 bits per heavy atom. The zero-order valence-corrected chi connectivity index (χ0v) is 11.0. The van der Waals surface area contributed by atoms with Crippen molar-refractivity contribution in [1.82, 2.24) is 10.2 Å². The Hall–Kier alpha value is -1.83. The number of nitrogens with two attached hydrogens (primary N) is 1. The minimum Gasteiger partial charge on any atom is -0.355 e. The van der Waals surface area contributed by atoms with Crippen LogP contribution < -0.4 is 11.1 Å². The molecule has 0 spiro atoms. The molecule has 1 aliphatic rings. The number of rotatable bonds is 2. The molecule has 0 saturated carbocycles. The van der Waals surface area contributed by atoms with Crippen LogP contribution >= 0.6 is 0 Å². The van der Waals surface area contributed by atoms with Crippen LogP contribution in [0.25, 0.3) is 0 Å². The van der Waals surface area contributed by atoms with Gasteiger partial charge in [-0.05, 0) is 17.7 Å². The summed E-state index contributed by atoms with van der Waals surface area (Å²) < 4.78 is 0. The monoisotopic (exact) mass is 257 g/mol. The number of nitrogens with one attached hydrogen (secondary N) is 1. The Morgan fingerprint density at radius 3 is 3.11 bits per heavy atom. The van der Waals surface area contributed by atoms with E-state index in [2.05, 4.69) is 34.2 Å². The molecule has 0 aliphatic carbocycles. The fourth-order valence-corrected chi connectivity index (χ4v) is 2.13. The molecule has 0 radical (unpaired) electrons. The third-order valence-corrected chi connectivity index (χ3v) is 3.07. The van der Waals surface area contributed by atoms with E-state index in [1.807, 2.05) is 12.1 Å². The van der Waals surface area contributed by atoms with Crippen LogP contribution in [0.2, 0.25) is 0 Å². The lowest BCUT2D eigenvalue weighted by Gasteiger charge is -2.18. The average Bonchev–Trinajstić information content (AvgIpc) is 2.62. The van der Waals surface area contributed by atoms with Crippen molar-refractivity contribution < 1.29 is 4.79 Å². The quantitative estimate of drug-likeness (QED) is 0.750. The maximum Gasteiger partial charge on any atom is 0.221 e. The number of carbonyl (C=O) groups excluding carboxylic acids is 1. The topological polar surface area (TPSA) is 58.4 Å². The lowest BCUT2D eigenvalue weighted by Crippen LogP contribution is -2.28. The van der Waals surface area contributed by atoms with Gasteiger partial charge >= 0.3 is 0 Å². The standard InChI is InChI=1S/C15H19N3O/c16-7-2-5-13-3-1-4-14(11-13)12-18-9-6-15(19)17-8-10-18/h1,3-4,11H,6-10,12,16H2,(H,17,19). The maximum atomic E-state index is 11.3. The third-order valence-electron chi connectivity index (χ3n) is 3.07. The van der Waals surface area contributed by atoms with Crippen molar-refractivity contribution in [3.8, 4) is 11.8 Å². The predicted octanol–water partition coefficient (Wildman–Crippen LogP) is 0.319. The number of amides is 1. The molecule has 4 heteroatoms. The van der Waals surface area contributed by atoms with Crippen molar-refractivity contribution in [3.63, 3.8) is 0 Å². The first-order valence-electron chi connectivity index (χ1n) is 6.55. The van der Waals surface area contributed by atoms with Gasteiger partial charge in [0.1, 0.15) is 0 Å². The normalized spacial score (nSPS) is 16.2. The van der Waals surface area contributed by atoms with Gasteiger partial charge in [-0.2, -0.15) is 0 Å². The average molecular weight is 257 g/mol. The van der Waals surface area contributed by atoms with E-state index < -0.39 is 0 Å². The Kier molecular flexibility index (Phi) is 4.96. The van der Waals surface area contributed by atoms with Gasteiger partial charge in [-0.25, -0.2) is 0 Å². The summed E-state index contributed by atoms with van der Waals surface area (Å²) in [5.74, 6) is 6.05. The number of benzene rings is 1. The summed E-state index contributed by atoms with van der Waals surface area (Å²) in [6.45, 7) is 3.66. The Morgan fingerprint density at radius 1 is 1.37 bits per heavy atom. The lowest BCUT2D eigenvalue weighted by molar-refractivity contribution is -0.120. The molecule has 2 rings (SSSR count). The molecular formula is C15H19N3O. The molecule has 1 aliphatic heterocycles. The zero-order valence-electron chi connectivity index (χ0n) is 11.0. The van der Waals surface area contributed by atoms with E-state index in [0.717, 1.165) is 31.7 Å². The van der Waals surface area contributed by atoms with E-state index in [9.17, 15) is 4.79 Å². The number of carbonyl (C=O) groups is 1. The van der Waals surface area contributed by atoms with Gasteiger partial charge in [0, 0.05) is 38.2 Å². The number of nitrogens with zero attached hydrogens (tertiary/aromatic N) is 1. The molecule has 1 amide bonds. The minimum atomic E-state index is 0.144. The van der Waals surface area contributed by atoms with Gasteiger partial charge in [-0.3, -0.25) is 9.69 Å². The molecular weight excluding hydrogens is 238 g/mol. The number of hydrogen-bond acceptors (Lipinski definition) is 3. The van der Waals surface area contributed by atoms with Gasteiger partial charge in [-0.15, -0.1) is 0 Å². The second-order valence-electron chi connectivity index (χ2n) is 4.58. The highest BCUT2D eigenvalue weighted by Crippen LogP contribution is 2.09. The van der Waals surface area contributed by atoms with Crippen molar-refractivity contribution in [1.29, 1.82) is 0 Å². The Labute approximate surface area is 114 Å². The summed E-state index contributed by atoms with van der Waals surface area (Å²) in [4.78, 5) is 13.6. The van der Waals surface area contributed by atoms with Gasteiger partial charge in [0.05, 0.1) is 6.54 Å². The Bertz CT molecular complexity index is 502. The molecule has 1 aromatic rings. The van der Waals surface area contributed by atoms with E-state index in [0.29, 0.717) is 13.0 Å². The van der Waals surface area contributed by atoms with Gasteiger partial charge in [0.25, 0.3) is 0 Å². The van der Waals surface area contributed by atoms with Gasteiger partial charge in [-0.1, -0.05) is 24.0 Å². The first-order chi connectivity index (χ1) is 9.28. The van der Waals surface area contributed by atoms with Crippen LogP contribution in [0.5, 0.6) is 0 Å². The minimum absolute atomic E-state index is 0.144. The van der Waals surface area contributed by atoms with Crippen molar-refractivity contribution in [2.24, 2.45) is 5.73 Å². The zero-order chi connectivity index (χ0) is 13.5. The second-order valence-corrected chi connectivity index (χ2v) is 4.58. The largest absolute Gasteiger partial charge is 0.355 e. The van der Waals surface area contributed by atoms with Gasteiger partial charge in [0.15, 0.2) is 0 Å². The smallest absolute Gasteiger partial charge is 0.221 e. The molecule has 4 nitrogen and oxygen atoms in total. The lowest BCUT2D eigenvalue weighted by atomic mass is 10.1. The van der Waals surface area contributed by atoms with E-state index >= 15 is 0 Å². The first-order valence-corrected chi connectivity index (χ1v) is 6.55. The molecule has 1 heterocycles. The van der Waals surface area contributed by atoms with E-state index in [1.165, 1.54) is 5.56 Å². The summed E-state index contributed by atoms with van der Waals surface area (Å²) in [5, 5.41) is 2.88. The molecule has 1 fully saturated rings. The van der Waals surface area contributed by atoms with Crippen molar-refractivity contribution >= 4 is 5.91 Å². The van der Waals surface area contributed by atoms with Gasteiger partial charge < -0.3 is 11.1 Å². The summed E-state index contributed by atoms with van der Waals surface area (Å²) in [6.07, 6.45) is 0.576. The van der Waals surface area contributed by atoms with Crippen LogP contribution in [-0.2, 0) is 11.3 Å². The highest BCUT2D eigenvalue weighted by atomic mass is 16.1. The third kappa shape index (κ3) is 4.40. The van der Waals surface area contributed by atoms with Crippen LogP contribution in [0.3, 0.4) is 0 Å². The molecule has 19 heavy (non-hydrogen) atoms. The van der Waals surface area contributed by atoms with E-state index in [-0.39, 0.29) is 5.91 Å². The second kappa shape index (κ2) is 6.93. The van der Waals surface area contributed by atoms with Crippen molar-refractivity contribution in [2.75, 3.05) is 26.2 Å². The molecule has 0 aromatic heterocycles. The molecule has 100 valence electrons.